The van der Waals surface area contributed by atoms with Crippen molar-refractivity contribution < 1.29 is 14.4 Å². The molecule has 0 fully saturated rings. The lowest BCUT2D eigenvalue weighted by molar-refractivity contribution is 0.0259. The number of hydrogen-bond acceptors (Lipinski definition) is 6. The normalized spacial score (nSPS) is 12.1. The molecule has 0 radical (unpaired) electrons. The van der Waals surface area contributed by atoms with Crippen LogP contribution in [0.4, 0.5) is 0 Å². The summed E-state index contributed by atoms with van der Waals surface area (Å²) >= 11 is 6.04. The number of terminal acetylenes is 1. The monoisotopic (exact) mass is 425 g/mol. The molecule has 2 aromatic carbocycles. The van der Waals surface area contributed by atoms with Gasteiger partial charge in [-0.3, -0.25) is 4.90 Å². The highest BCUT2D eigenvalue weighted by Gasteiger charge is 2.15. The maximum atomic E-state index is 10.3. The average molecular weight is 426 g/mol. The van der Waals surface area contributed by atoms with Crippen molar-refractivity contribution in [2.45, 2.75) is 19.1 Å². The zero-order valence-corrected chi connectivity index (χ0v) is 17.3. The summed E-state index contributed by atoms with van der Waals surface area (Å²) in [6, 6.07) is 17.4. The number of halogens is 1. The maximum absolute atomic E-state index is 10.3. The number of aliphatic hydroxyl groups excluding tert-OH is 1. The van der Waals surface area contributed by atoms with Gasteiger partial charge in [0.05, 0.1) is 12.7 Å². The van der Waals surface area contributed by atoms with Crippen molar-refractivity contribution in [2.24, 2.45) is 0 Å². The zero-order valence-electron chi connectivity index (χ0n) is 16.6. The Morgan fingerprint density at radius 3 is 2.80 bits per heavy atom. The molecular formula is C23H24ClN3O3. The van der Waals surface area contributed by atoms with Crippen molar-refractivity contribution in [1.29, 1.82) is 0 Å². The fourth-order valence-corrected chi connectivity index (χ4v) is 3.23. The lowest BCUT2D eigenvalue weighted by Gasteiger charge is -2.24. The quantitative estimate of drug-likeness (QED) is 0.375. The van der Waals surface area contributed by atoms with E-state index in [2.05, 4.69) is 33.1 Å². The van der Waals surface area contributed by atoms with E-state index in [1.807, 2.05) is 30.3 Å². The summed E-state index contributed by atoms with van der Waals surface area (Å²) in [5, 5.41) is 15.0. The van der Waals surface area contributed by atoms with Gasteiger partial charge < -0.3 is 14.4 Å². The molecule has 30 heavy (non-hydrogen) atoms. The highest BCUT2D eigenvalue weighted by Crippen LogP contribution is 2.20. The second kappa shape index (κ2) is 11.5. The van der Waals surface area contributed by atoms with Crippen molar-refractivity contribution in [3.8, 4) is 23.7 Å². The van der Waals surface area contributed by atoms with Crippen LogP contribution in [0, 0.1) is 12.3 Å². The maximum Gasteiger partial charge on any atom is 0.228 e. The molecule has 0 spiro atoms. The molecular weight excluding hydrogens is 402 g/mol. The molecule has 0 aliphatic carbocycles. The van der Waals surface area contributed by atoms with E-state index in [0.717, 1.165) is 11.1 Å². The highest BCUT2D eigenvalue weighted by atomic mass is 35.5. The Labute approximate surface area is 181 Å². The standard InChI is InChI=1S/C23H24ClN3O3/c1-2-13-29-17-21(28)16-27(15-18-7-4-3-5-8-18)12-11-22-25-23(26-30-22)19-9-6-10-20(24)14-19/h1,3-10,14,21,28H,11-13,15-17H2. The third-order valence-corrected chi connectivity index (χ3v) is 4.64. The van der Waals surface area contributed by atoms with Gasteiger partial charge in [0.2, 0.25) is 11.7 Å². The summed E-state index contributed by atoms with van der Waals surface area (Å²) in [6.07, 6.45) is 5.09. The van der Waals surface area contributed by atoms with Crippen LogP contribution in [-0.2, 0) is 17.7 Å². The summed E-state index contributed by atoms with van der Waals surface area (Å²) in [6.45, 7) is 2.13. The molecule has 1 N–H and O–H groups in total. The predicted octanol–water partition coefficient (Wildman–Crippen LogP) is 3.45. The van der Waals surface area contributed by atoms with Gasteiger partial charge in [0.25, 0.3) is 0 Å². The molecule has 1 aromatic heterocycles. The van der Waals surface area contributed by atoms with Crippen LogP contribution in [0.5, 0.6) is 0 Å². The predicted molar refractivity (Wildman–Crippen MR) is 116 cm³/mol. The second-order valence-electron chi connectivity index (χ2n) is 6.87. The van der Waals surface area contributed by atoms with Gasteiger partial charge >= 0.3 is 0 Å². The number of aromatic nitrogens is 2. The van der Waals surface area contributed by atoms with Crippen LogP contribution in [-0.4, -0.2) is 52.6 Å². The van der Waals surface area contributed by atoms with Gasteiger partial charge in [-0.2, -0.15) is 4.98 Å². The van der Waals surface area contributed by atoms with E-state index in [-0.39, 0.29) is 13.2 Å². The molecule has 6 nitrogen and oxygen atoms in total. The molecule has 0 aliphatic heterocycles. The van der Waals surface area contributed by atoms with Gasteiger partial charge in [-0.05, 0) is 17.7 Å². The first-order chi connectivity index (χ1) is 14.6. The Hall–Kier alpha value is -2.69. The van der Waals surface area contributed by atoms with Crippen LogP contribution in [0.25, 0.3) is 11.4 Å². The molecule has 0 saturated carbocycles. The van der Waals surface area contributed by atoms with Gasteiger partial charge in [-0.1, -0.05) is 65.1 Å². The SMILES string of the molecule is C#CCOCC(O)CN(CCc1nc(-c2cccc(Cl)c2)no1)Cc1ccccc1. The van der Waals surface area contributed by atoms with E-state index in [9.17, 15) is 5.11 Å². The van der Waals surface area contributed by atoms with Gasteiger partial charge in [0.15, 0.2) is 0 Å². The molecule has 3 rings (SSSR count). The van der Waals surface area contributed by atoms with Crippen molar-refractivity contribution in [3.05, 3.63) is 71.1 Å². The molecule has 7 heteroatoms. The zero-order chi connectivity index (χ0) is 21.2. The fraction of sp³-hybridized carbons (Fsp3) is 0.304. The van der Waals surface area contributed by atoms with Gasteiger partial charge in [-0.15, -0.1) is 6.42 Å². The third kappa shape index (κ3) is 6.97. The minimum atomic E-state index is -0.647. The molecule has 1 atom stereocenters. The van der Waals surface area contributed by atoms with Crippen LogP contribution >= 0.6 is 11.6 Å². The van der Waals surface area contributed by atoms with Crippen LogP contribution in [0.15, 0.2) is 59.1 Å². The highest BCUT2D eigenvalue weighted by molar-refractivity contribution is 6.30. The van der Waals surface area contributed by atoms with Crippen LogP contribution in [0.1, 0.15) is 11.5 Å². The van der Waals surface area contributed by atoms with Crippen molar-refractivity contribution in [3.63, 3.8) is 0 Å². The van der Waals surface area contributed by atoms with Crippen LogP contribution in [0.3, 0.4) is 0 Å². The fourth-order valence-electron chi connectivity index (χ4n) is 3.04. The van der Waals surface area contributed by atoms with E-state index >= 15 is 0 Å². The lowest BCUT2D eigenvalue weighted by atomic mass is 10.2. The first kappa shape index (κ1) is 22.0. The van der Waals surface area contributed by atoms with Crippen molar-refractivity contribution in [1.82, 2.24) is 15.0 Å². The smallest absolute Gasteiger partial charge is 0.228 e. The molecule has 0 bridgehead atoms. The number of ether oxygens (including phenoxy) is 1. The van der Waals surface area contributed by atoms with Crippen molar-refractivity contribution in [2.75, 3.05) is 26.3 Å². The van der Waals surface area contributed by atoms with Crippen molar-refractivity contribution >= 4 is 11.6 Å². The molecule has 3 aromatic rings. The Kier molecular flexibility index (Phi) is 8.42. The van der Waals surface area contributed by atoms with Crippen LogP contribution in [0.2, 0.25) is 5.02 Å². The second-order valence-corrected chi connectivity index (χ2v) is 7.30. The lowest BCUT2D eigenvalue weighted by Crippen LogP contribution is -2.36. The molecule has 0 aliphatic rings. The Balaban J connectivity index is 1.61. The largest absolute Gasteiger partial charge is 0.389 e. The summed E-state index contributed by atoms with van der Waals surface area (Å²) in [4.78, 5) is 6.60. The Morgan fingerprint density at radius 1 is 1.20 bits per heavy atom. The number of nitrogens with zero attached hydrogens (tertiary/aromatic N) is 3. The van der Waals surface area contributed by atoms with Gasteiger partial charge in [0.1, 0.15) is 6.61 Å². The Bertz CT molecular complexity index is 956. The van der Waals surface area contributed by atoms with E-state index in [0.29, 0.717) is 42.8 Å². The van der Waals surface area contributed by atoms with Gasteiger partial charge in [0, 0.05) is 36.6 Å². The first-order valence-electron chi connectivity index (χ1n) is 9.68. The summed E-state index contributed by atoms with van der Waals surface area (Å²) in [5.41, 5.74) is 1.96. The Morgan fingerprint density at radius 2 is 2.03 bits per heavy atom. The molecule has 156 valence electrons. The number of aliphatic hydroxyl groups is 1. The van der Waals surface area contributed by atoms with Gasteiger partial charge in [-0.25, -0.2) is 0 Å². The number of hydrogen-bond donors (Lipinski definition) is 1. The summed E-state index contributed by atoms with van der Waals surface area (Å²) in [5.74, 6) is 3.43. The third-order valence-electron chi connectivity index (χ3n) is 4.41. The molecule has 1 heterocycles. The topological polar surface area (TPSA) is 71.6 Å². The average Bonchev–Trinajstić information content (AvgIpc) is 3.22. The minimum Gasteiger partial charge on any atom is -0.389 e. The minimum absolute atomic E-state index is 0.185. The van der Waals surface area contributed by atoms with E-state index < -0.39 is 6.10 Å². The molecule has 0 saturated heterocycles. The number of rotatable bonds is 11. The van der Waals surface area contributed by atoms with Crippen LogP contribution < -0.4 is 0 Å². The summed E-state index contributed by atoms with van der Waals surface area (Å²) in [7, 11) is 0. The molecule has 1 unspecified atom stereocenters. The van der Waals surface area contributed by atoms with E-state index in [1.54, 1.807) is 12.1 Å². The van der Waals surface area contributed by atoms with E-state index in [4.69, 9.17) is 27.3 Å². The molecule has 0 amide bonds. The van der Waals surface area contributed by atoms with E-state index in [1.165, 1.54) is 0 Å². The number of benzene rings is 2. The summed E-state index contributed by atoms with van der Waals surface area (Å²) < 4.78 is 10.7. The first-order valence-corrected chi connectivity index (χ1v) is 10.1.